The number of benzene rings is 2. The van der Waals surface area contributed by atoms with E-state index in [-0.39, 0.29) is 10.3 Å². The van der Waals surface area contributed by atoms with Gasteiger partial charge in [-0.15, -0.1) is 0 Å². The first-order chi connectivity index (χ1) is 20.6. The van der Waals surface area contributed by atoms with Gasteiger partial charge in [0.25, 0.3) is 10.0 Å². The summed E-state index contributed by atoms with van der Waals surface area (Å²) >= 11 is 6.40. The zero-order valence-electron chi connectivity index (χ0n) is 24.4. The minimum atomic E-state index is -4.18. The van der Waals surface area contributed by atoms with Gasteiger partial charge < -0.3 is 9.64 Å². The lowest BCUT2D eigenvalue weighted by Crippen LogP contribution is -2.48. The van der Waals surface area contributed by atoms with Crippen molar-refractivity contribution < 1.29 is 17.9 Å². The summed E-state index contributed by atoms with van der Waals surface area (Å²) in [5, 5.41) is 5.29. The lowest BCUT2D eigenvalue weighted by atomic mass is 9.69. The van der Waals surface area contributed by atoms with Gasteiger partial charge in [-0.2, -0.15) is 5.10 Å². The second-order valence-corrected chi connectivity index (χ2v) is 14.6. The fraction of sp³-hybridized carbons (Fsp3) is 0.438. The highest BCUT2D eigenvalue weighted by Crippen LogP contribution is 2.46. The van der Waals surface area contributed by atoms with Crippen LogP contribution in [-0.4, -0.2) is 51.0 Å². The molecule has 43 heavy (non-hydrogen) atoms. The molecule has 1 spiro atoms. The van der Waals surface area contributed by atoms with Crippen molar-refractivity contribution >= 4 is 39.2 Å². The fourth-order valence-electron chi connectivity index (χ4n) is 7.14. The van der Waals surface area contributed by atoms with Crippen LogP contribution in [0, 0.1) is 18.8 Å². The highest BCUT2D eigenvalue weighted by Gasteiger charge is 2.43. The maximum absolute atomic E-state index is 13.6. The Labute approximate surface area is 257 Å². The number of hydrogen-bond acceptors (Lipinski definition) is 6. The zero-order valence-corrected chi connectivity index (χ0v) is 26.0. The number of aryl methyl sites for hydroxylation is 2. The van der Waals surface area contributed by atoms with Crippen LogP contribution in [0.2, 0.25) is 5.02 Å². The summed E-state index contributed by atoms with van der Waals surface area (Å²) in [6.45, 7) is 4.48. The van der Waals surface area contributed by atoms with Crippen LogP contribution in [-0.2, 0) is 28.4 Å². The molecule has 4 aliphatic rings. The Morgan fingerprint density at radius 3 is 2.81 bits per heavy atom. The Hall–Kier alpha value is -3.50. The Morgan fingerprint density at radius 2 is 2.00 bits per heavy atom. The van der Waals surface area contributed by atoms with Crippen molar-refractivity contribution in [2.24, 2.45) is 11.8 Å². The van der Waals surface area contributed by atoms with Crippen LogP contribution in [0.5, 0.6) is 5.75 Å². The predicted octanol–water partition coefficient (Wildman–Crippen LogP) is 5.45. The predicted molar refractivity (Wildman–Crippen MR) is 167 cm³/mol. The summed E-state index contributed by atoms with van der Waals surface area (Å²) < 4.78 is 37.7. The molecular weight excluding hydrogens is 586 g/mol. The molecule has 3 atom stereocenters. The second-order valence-electron chi connectivity index (χ2n) is 12.5. The van der Waals surface area contributed by atoms with E-state index >= 15 is 0 Å². The lowest BCUT2D eigenvalue weighted by molar-refractivity contribution is 0.197. The van der Waals surface area contributed by atoms with E-state index in [1.807, 2.05) is 17.7 Å². The normalized spacial score (nSPS) is 27.1. The SMILES string of the molecule is Cc1cc2nn1C/C=C/[C@@H]1CC[C@H]1CN1C[C@@]3(CCCc4cc(Cl)ccc43)COc3ccc(cc31)S(=O)(=O)NC(=O)N2C. The van der Waals surface area contributed by atoms with E-state index in [1.54, 1.807) is 18.2 Å². The van der Waals surface area contributed by atoms with Crippen LogP contribution in [0.25, 0.3) is 0 Å². The molecule has 4 bridgehead atoms. The molecule has 7 rings (SSSR count). The average molecular weight is 622 g/mol. The molecule has 1 N–H and O–H groups in total. The van der Waals surface area contributed by atoms with Gasteiger partial charge in [0, 0.05) is 42.3 Å². The van der Waals surface area contributed by atoms with E-state index in [2.05, 4.69) is 39.0 Å². The van der Waals surface area contributed by atoms with Crippen LogP contribution < -0.4 is 19.3 Å². The lowest BCUT2D eigenvalue weighted by Gasteiger charge is -2.44. The van der Waals surface area contributed by atoms with Crippen LogP contribution in [0.3, 0.4) is 0 Å². The highest BCUT2D eigenvalue weighted by atomic mass is 35.5. The Kier molecular flexibility index (Phi) is 6.97. The maximum Gasteiger partial charge on any atom is 0.336 e. The minimum absolute atomic E-state index is 0.0180. The van der Waals surface area contributed by atoms with Gasteiger partial charge in [-0.25, -0.2) is 17.9 Å². The number of halogens is 1. The van der Waals surface area contributed by atoms with Gasteiger partial charge in [0.2, 0.25) is 0 Å². The van der Waals surface area contributed by atoms with Gasteiger partial charge in [-0.3, -0.25) is 9.58 Å². The third kappa shape index (κ3) is 5.08. The number of hydrogen-bond donors (Lipinski definition) is 1. The molecular formula is C32H36ClN5O4S. The molecule has 2 aliphatic carbocycles. The molecule has 1 fully saturated rings. The number of sulfonamides is 1. The summed E-state index contributed by atoms with van der Waals surface area (Å²) in [6, 6.07) is 12.1. The standard InChI is InChI=1S/C32H36ClN5O4S/c1-21-15-30-34-38(21)14-4-6-22-7-8-24(22)18-37-19-32(13-3-5-23-16-25(33)9-11-27(23)32)20-42-29-12-10-26(17-28(29)37)43(40,41)35-31(39)36(30)2/h4,6,9-12,15-17,22,24H,3,5,7-8,13-14,18-20H2,1-2H3,(H,35,39)/b6-4+/t22-,24+,32+/m1/s1. The number of anilines is 2. The van der Waals surface area contributed by atoms with Crippen LogP contribution in [0.15, 0.2) is 59.5 Å². The van der Waals surface area contributed by atoms with E-state index in [9.17, 15) is 13.2 Å². The summed E-state index contributed by atoms with van der Waals surface area (Å²) in [6.07, 6.45) is 9.65. The quantitative estimate of drug-likeness (QED) is 0.336. The Balaban J connectivity index is 1.31. The minimum Gasteiger partial charge on any atom is -0.490 e. The number of rotatable bonds is 0. The van der Waals surface area contributed by atoms with E-state index in [0.29, 0.717) is 43.1 Å². The number of nitrogens with one attached hydrogen (secondary N) is 1. The number of aromatic nitrogens is 2. The summed E-state index contributed by atoms with van der Waals surface area (Å²) in [7, 11) is -2.67. The summed E-state index contributed by atoms with van der Waals surface area (Å²) in [5.41, 5.74) is 3.90. The first-order valence-electron chi connectivity index (χ1n) is 14.9. The fourth-order valence-corrected chi connectivity index (χ4v) is 8.34. The molecule has 0 unspecified atom stereocenters. The highest BCUT2D eigenvalue weighted by molar-refractivity contribution is 7.90. The van der Waals surface area contributed by atoms with Crippen molar-refractivity contribution in [1.29, 1.82) is 0 Å². The zero-order chi connectivity index (χ0) is 29.9. The molecule has 2 aliphatic heterocycles. The van der Waals surface area contributed by atoms with Crippen molar-refractivity contribution in [2.45, 2.75) is 55.9 Å². The third-order valence-electron chi connectivity index (χ3n) is 9.75. The number of carbonyl (C=O) groups is 1. The Bertz CT molecular complexity index is 1740. The smallest absolute Gasteiger partial charge is 0.336 e. The molecule has 3 aromatic rings. The first kappa shape index (κ1) is 28.3. The number of urea groups is 1. The van der Waals surface area contributed by atoms with Gasteiger partial charge in [0.05, 0.1) is 23.7 Å². The van der Waals surface area contributed by atoms with E-state index in [1.165, 1.54) is 29.1 Å². The maximum atomic E-state index is 13.6. The van der Waals surface area contributed by atoms with Crippen LogP contribution >= 0.6 is 11.6 Å². The largest absolute Gasteiger partial charge is 0.490 e. The number of nitrogens with zero attached hydrogens (tertiary/aromatic N) is 4. The van der Waals surface area contributed by atoms with Crippen molar-refractivity contribution in [3.8, 4) is 5.75 Å². The monoisotopic (exact) mass is 621 g/mol. The second kappa shape index (κ2) is 10.6. The van der Waals surface area contributed by atoms with E-state index in [0.717, 1.165) is 55.1 Å². The molecule has 0 saturated heterocycles. The van der Waals surface area contributed by atoms with Crippen molar-refractivity contribution in [1.82, 2.24) is 14.5 Å². The topological polar surface area (TPSA) is 96.8 Å². The number of fused-ring (bicyclic) bond motifs is 6. The molecule has 1 aromatic heterocycles. The van der Waals surface area contributed by atoms with Crippen LogP contribution in [0.4, 0.5) is 16.3 Å². The number of carbonyl (C=O) groups excluding carboxylic acids is 1. The van der Waals surface area contributed by atoms with Crippen molar-refractivity contribution in [3.05, 3.63) is 76.5 Å². The summed E-state index contributed by atoms with van der Waals surface area (Å²) in [5.74, 6) is 1.88. The number of amides is 2. The Morgan fingerprint density at radius 1 is 1.14 bits per heavy atom. The number of allylic oxidation sites excluding steroid dienone is 2. The van der Waals surface area contributed by atoms with Gasteiger partial charge in [-0.05, 0) is 92.3 Å². The van der Waals surface area contributed by atoms with E-state index < -0.39 is 16.1 Å². The van der Waals surface area contributed by atoms with Crippen molar-refractivity contribution in [3.63, 3.8) is 0 Å². The van der Waals surface area contributed by atoms with Crippen molar-refractivity contribution in [2.75, 3.05) is 36.5 Å². The van der Waals surface area contributed by atoms with E-state index in [4.69, 9.17) is 16.3 Å². The third-order valence-corrected chi connectivity index (χ3v) is 11.3. The average Bonchev–Trinajstić information content (AvgIpc) is 3.26. The van der Waals surface area contributed by atoms with Gasteiger partial charge in [0.1, 0.15) is 5.75 Å². The molecule has 2 amide bonds. The summed E-state index contributed by atoms with van der Waals surface area (Å²) in [4.78, 5) is 16.7. The van der Waals surface area contributed by atoms with Gasteiger partial charge in [0.15, 0.2) is 5.82 Å². The number of ether oxygens (including phenoxy) is 1. The molecule has 11 heteroatoms. The molecule has 0 radical (unpaired) electrons. The van der Waals surface area contributed by atoms with Crippen LogP contribution in [0.1, 0.15) is 42.5 Å². The van der Waals surface area contributed by atoms with Gasteiger partial charge in [-0.1, -0.05) is 29.8 Å². The molecule has 2 aromatic carbocycles. The molecule has 3 heterocycles. The molecule has 226 valence electrons. The van der Waals surface area contributed by atoms with Gasteiger partial charge >= 0.3 is 6.03 Å². The first-order valence-corrected chi connectivity index (χ1v) is 16.8. The molecule has 1 saturated carbocycles. The molecule has 9 nitrogen and oxygen atoms in total.